The van der Waals surface area contributed by atoms with E-state index < -0.39 is 6.17 Å². The van der Waals surface area contributed by atoms with Gasteiger partial charge in [0.1, 0.15) is 0 Å². The van der Waals surface area contributed by atoms with Crippen LogP contribution in [0.25, 0.3) is 0 Å². The van der Waals surface area contributed by atoms with E-state index in [1.54, 1.807) is 4.90 Å². The number of carbonyl (C=O) groups excluding carboxylic acids is 2. The molecule has 1 heterocycles. The predicted molar refractivity (Wildman–Crippen MR) is 90.7 cm³/mol. The number of fused-ring (bicyclic) bond motifs is 1. The number of ketones is 1. The van der Waals surface area contributed by atoms with E-state index in [2.05, 4.69) is 4.99 Å². The normalized spacial score (nSPS) is 21.9. The SMILES string of the molecule is CC1=N[C@H](N)C(=O)N(CC(=O)C2CCCC2)c2c(C)cccc21. The molecule has 0 radical (unpaired) electrons. The standard InChI is InChI=1S/C18H23N3O2/c1-11-6-5-9-14-12(2)20-17(19)18(23)21(16(11)14)10-15(22)13-7-3-4-8-13/h5-6,9,13,17H,3-4,7-8,10,19H2,1-2H3/t17-/m0/s1. The number of nitrogens with zero attached hydrogens (tertiary/aromatic N) is 2. The van der Waals surface area contributed by atoms with Crippen molar-refractivity contribution in [3.05, 3.63) is 29.3 Å². The highest BCUT2D eigenvalue weighted by atomic mass is 16.2. The lowest BCUT2D eigenvalue weighted by atomic mass is 10.00. The van der Waals surface area contributed by atoms with E-state index in [4.69, 9.17) is 5.73 Å². The molecule has 5 nitrogen and oxygen atoms in total. The van der Waals surface area contributed by atoms with Gasteiger partial charge in [0, 0.05) is 17.2 Å². The number of para-hydroxylation sites is 1. The molecule has 0 unspecified atom stereocenters. The van der Waals surface area contributed by atoms with Gasteiger partial charge in [-0.25, -0.2) is 0 Å². The number of amides is 1. The number of aryl methyl sites for hydroxylation is 1. The maximum absolute atomic E-state index is 12.7. The molecule has 1 fully saturated rings. The number of nitrogens with two attached hydrogens (primary N) is 1. The molecular formula is C18H23N3O2. The number of benzodiazepines with no additional fused rings is 1. The second kappa shape index (κ2) is 6.24. The molecule has 2 aliphatic rings. The molecule has 0 saturated heterocycles. The van der Waals surface area contributed by atoms with Crippen LogP contribution in [0.3, 0.4) is 0 Å². The van der Waals surface area contributed by atoms with Crippen molar-refractivity contribution in [2.24, 2.45) is 16.6 Å². The first-order valence-corrected chi connectivity index (χ1v) is 8.23. The van der Waals surface area contributed by atoms with E-state index in [-0.39, 0.29) is 24.2 Å². The highest BCUT2D eigenvalue weighted by Crippen LogP contribution is 2.31. The first-order chi connectivity index (χ1) is 11.0. The predicted octanol–water partition coefficient (Wildman–Crippen LogP) is 2.19. The number of Topliss-reactive ketones (excluding diaryl/α,β-unsaturated/α-hetero) is 1. The van der Waals surface area contributed by atoms with Gasteiger partial charge in [-0.1, -0.05) is 31.0 Å². The van der Waals surface area contributed by atoms with Gasteiger partial charge in [-0.05, 0) is 32.3 Å². The molecule has 1 atom stereocenters. The third-order valence-electron chi connectivity index (χ3n) is 4.87. The average molecular weight is 313 g/mol. The summed E-state index contributed by atoms with van der Waals surface area (Å²) in [6.07, 6.45) is 3.12. The van der Waals surface area contributed by atoms with Gasteiger partial charge in [0.2, 0.25) is 0 Å². The van der Waals surface area contributed by atoms with Gasteiger partial charge in [-0.15, -0.1) is 0 Å². The number of hydrogen-bond donors (Lipinski definition) is 1. The van der Waals surface area contributed by atoms with Gasteiger partial charge in [-0.2, -0.15) is 0 Å². The summed E-state index contributed by atoms with van der Waals surface area (Å²) >= 11 is 0. The number of benzene rings is 1. The van der Waals surface area contributed by atoms with Crippen LogP contribution in [-0.4, -0.2) is 30.1 Å². The van der Waals surface area contributed by atoms with Crippen molar-refractivity contribution in [2.75, 3.05) is 11.4 Å². The molecule has 1 aliphatic carbocycles. The first kappa shape index (κ1) is 15.9. The molecule has 122 valence electrons. The van der Waals surface area contributed by atoms with E-state index in [1.807, 2.05) is 32.0 Å². The molecule has 1 aliphatic heterocycles. The highest BCUT2D eigenvalue weighted by molar-refractivity contribution is 6.13. The zero-order valence-electron chi connectivity index (χ0n) is 13.7. The van der Waals surface area contributed by atoms with Crippen molar-refractivity contribution in [1.29, 1.82) is 0 Å². The van der Waals surface area contributed by atoms with Crippen LogP contribution in [-0.2, 0) is 9.59 Å². The van der Waals surface area contributed by atoms with Gasteiger partial charge >= 0.3 is 0 Å². The summed E-state index contributed by atoms with van der Waals surface area (Å²) in [4.78, 5) is 31.1. The summed E-state index contributed by atoms with van der Waals surface area (Å²) in [5.74, 6) is -0.0858. The zero-order valence-corrected chi connectivity index (χ0v) is 13.7. The van der Waals surface area contributed by atoms with Gasteiger partial charge in [0.25, 0.3) is 5.91 Å². The molecule has 23 heavy (non-hydrogen) atoms. The van der Waals surface area contributed by atoms with E-state index in [0.717, 1.165) is 48.2 Å². The second-order valence-electron chi connectivity index (χ2n) is 6.50. The van der Waals surface area contributed by atoms with E-state index in [1.165, 1.54) is 0 Å². The second-order valence-corrected chi connectivity index (χ2v) is 6.50. The average Bonchev–Trinajstić information content (AvgIpc) is 3.03. The first-order valence-electron chi connectivity index (χ1n) is 8.23. The number of carbonyl (C=O) groups is 2. The molecule has 5 heteroatoms. The minimum atomic E-state index is -0.946. The number of rotatable bonds is 3. The Bertz CT molecular complexity index is 675. The Morgan fingerprint density at radius 2 is 2.00 bits per heavy atom. The summed E-state index contributed by atoms with van der Waals surface area (Å²) in [6.45, 7) is 3.90. The fourth-order valence-electron chi connectivity index (χ4n) is 3.60. The minimum absolute atomic E-state index is 0.0803. The van der Waals surface area contributed by atoms with Crippen molar-refractivity contribution in [3.8, 4) is 0 Å². The number of anilines is 1. The third-order valence-corrected chi connectivity index (χ3v) is 4.87. The van der Waals surface area contributed by atoms with Crippen molar-refractivity contribution < 1.29 is 9.59 Å². The molecule has 1 aromatic carbocycles. The summed E-state index contributed by atoms with van der Waals surface area (Å²) in [7, 11) is 0. The van der Waals surface area contributed by atoms with Gasteiger partial charge in [0.05, 0.1) is 12.2 Å². The van der Waals surface area contributed by atoms with Crippen LogP contribution < -0.4 is 10.6 Å². The van der Waals surface area contributed by atoms with Crippen molar-refractivity contribution in [2.45, 2.75) is 45.7 Å². The van der Waals surface area contributed by atoms with Crippen LogP contribution in [0.15, 0.2) is 23.2 Å². The quantitative estimate of drug-likeness (QED) is 0.929. The molecule has 0 aromatic heterocycles. The maximum atomic E-state index is 12.7. The van der Waals surface area contributed by atoms with Crippen LogP contribution in [0.2, 0.25) is 0 Å². The summed E-state index contributed by atoms with van der Waals surface area (Å²) in [5.41, 5.74) is 9.28. The fraction of sp³-hybridized carbons (Fsp3) is 0.500. The van der Waals surface area contributed by atoms with Crippen molar-refractivity contribution in [3.63, 3.8) is 0 Å². The Hall–Kier alpha value is -2.01. The van der Waals surface area contributed by atoms with Crippen molar-refractivity contribution >= 4 is 23.1 Å². The van der Waals surface area contributed by atoms with Crippen LogP contribution in [0.5, 0.6) is 0 Å². The molecule has 0 spiro atoms. The van der Waals surface area contributed by atoms with Crippen LogP contribution >= 0.6 is 0 Å². The lowest BCUT2D eigenvalue weighted by Crippen LogP contribution is -2.45. The molecule has 1 aromatic rings. The van der Waals surface area contributed by atoms with Crippen LogP contribution in [0.1, 0.15) is 43.7 Å². The zero-order chi connectivity index (χ0) is 16.6. The largest absolute Gasteiger partial charge is 0.302 e. The highest BCUT2D eigenvalue weighted by Gasteiger charge is 2.33. The molecule has 3 rings (SSSR count). The smallest absolute Gasteiger partial charge is 0.266 e. The number of aliphatic imine (C=N–C) groups is 1. The molecule has 2 N–H and O–H groups in total. The van der Waals surface area contributed by atoms with Gasteiger partial charge in [-0.3, -0.25) is 14.6 Å². The van der Waals surface area contributed by atoms with Gasteiger partial charge in [0.15, 0.2) is 11.9 Å². The Morgan fingerprint density at radius 3 is 2.70 bits per heavy atom. The molecule has 0 bridgehead atoms. The molecule has 1 amide bonds. The Balaban J connectivity index is 1.99. The molecular weight excluding hydrogens is 290 g/mol. The minimum Gasteiger partial charge on any atom is -0.302 e. The lowest BCUT2D eigenvalue weighted by Gasteiger charge is -2.26. The lowest BCUT2D eigenvalue weighted by molar-refractivity contribution is -0.125. The Kier molecular flexibility index (Phi) is 4.31. The number of hydrogen-bond acceptors (Lipinski definition) is 4. The molecule has 1 saturated carbocycles. The van der Waals surface area contributed by atoms with Crippen LogP contribution in [0, 0.1) is 12.8 Å². The van der Waals surface area contributed by atoms with E-state index in [0.29, 0.717) is 0 Å². The summed E-state index contributed by atoms with van der Waals surface area (Å²) in [5, 5.41) is 0. The summed E-state index contributed by atoms with van der Waals surface area (Å²) in [6, 6.07) is 5.81. The van der Waals surface area contributed by atoms with Crippen molar-refractivity contribution in [1.82, 2.24) is 0 Å². The Labute approximate surface area is 136 Å². The monoisotopic (exact) mass is 313 g/mol. The fourth-order valence-corrected chi connectivity index (χ4v) is 3.60. The topological polar surface area (TPSA) is 75.8 Å². The maximum Gasteiger partial charge on any atom is 0.266 e. The van der Waals surface area contributed by atoms with Crippen LogP contribution in [0.4, 0.5) is 5.69 Å². The van der Waals surface area contributed by atoms with Gasteiger partial charge < -0.3 is 10.6 Å². The summed E-state index contributed by atoms with van der Waals surface area (Å²) < 4.78 is 0. The van der Waals surface area contributed by atoms with E-state index >= 15 is 0 Å². The Morgan fingerprint density at radius 1 is 1.30 bits per heavy atom. The van der Waals surface area contributed by atoms with E-state index in [9.17, 15) is 9.59 Å². The third kappa shape index (κ3) is 2.93.